The lowest BCUT2D eigenvalue weighted by molar-refractivity contribution is 0.0778. The maximum atomic E-state index is 10.4. The highest BCUT2D eigenvalue weighted by atomic mass is 127. The number of guanidine groups is 1. The number of hydrogen-bond acceptors (Lipinski definition) is 4. The van der Waals surface area contributed by atoms with Crippen LogP contribution in [0.2, 0.25) is 0 Å². The summed E-state index contributed by atoms with van der Waals surface area (Å²) in [6.07, 6.45) is 1.84. The Balaban J connectivity index is 0.00000338. The number of hydrogen-bond donors (Lipinski definition) is 3. The third-order valence-corrected chi connectivity index (χ3v) is 5.75. The molecular formula is C19H32IN3O2S. The highest BCUT2D eigenvalue weighted by Gasteiger charge is 2.31. The van der Waals surface area contributed by atoms with Crippen molar-refractivity contribution in [2.75, 3.05) is 38.2 Å². The molecule has 0 spiro atoms. The zero-order chi connectivity index (χ0) is 18.1. The molecular weight excluding hydrogens is 461 g/mol. The first kappa shape index (κ1) is 23.4. The Morgan fingerprint density at radius 3 is 2.65 bits per heavy atom. The van der Waals surface area contributed by atoms with E-state index in [0.29, 0.717) is 12.5 Å². The van der Waals surface area contributed by atoms with E-state index in [1.165, 1.54) is 5.56 Å². The molecule has 5 nitrogen and oxygen atoms in total. The molecule has 0 aliphatic carbocycles. The number of halogens is 1. The van der Waals surface area contributed by atoms with Crippen LogP contribution in [0.15, 0.2) is 29.3 Å². The summed E-state index contributed by atoms with van der Waals surface area (Å²) in [5, 5.41) is 17.1. The van der Waals surface area contributed by atoms with Crippen LogP contribution in [0, 0.1) is 0 Å². The van der Waals surface area contributed by atoms with Gasteiger partial charge in [0, 0.05) is 18.8 Å². The fraction of sp³-hybridized carbons (Fsp3) is 0.632. The molecule has 1 aliphatic heterocycles. The maximum Gasteiger partial charge on any atom is 0.191 e. The Morgan fingerprint density at radius 1 is 1.35 bits per heavy atom. The van der Waals surface area contributed by atoms with Crippen molar-refractivity contribution in [3.63, 3.8) is 0 Å². The first-order valence-corrected chi connectivity index (χ1v) is 10.2. The Labute approximate surface area is 178 Å². The quantitative estimate of drug-likeness (QED) is 0.295. The van der Waals surface area contributed by atoms with E-state index < -0.39 is 5.60 Å². The Kier molecular flexibility index (Phi) is 10.7. The van der Waals surface area contributed by atoms with Crippen molar-refractivity contribution in [2.24, 2.45) is 4.99 Å². The van der Waals surface area contributed by atoms with Gasteiger partial charge >= 0.3 is 0 Å². The van der Waals surface area contributed by atoms with Gasteiger partial charge in [-0.05, 0) is 49.1 Å². The van der Waals surface area contributed by atoms with Crippen LogP contribution in [-0.2, 0) is 0 Å². The fourth-order valence-electron chi connectivity index (χ4n) is 2.80. The minimum atomic E-state index is -0.636. The van der Waals surface area contributed by atoms with Gasteiger partial charge in [0.1, 0.15) is 5.75 Å². The van der Waals surface area contributed by atoms with Crippen molar-refractivity contribution in [3.05, 3.63) is 29.8 Å². The Hall–Kier alpha value is -0.670. The number of thioether (sulfide) groups is 1. The standard InChI is InChI=1S/C19H31N3O2S.HI/c1-4-20-18(22-13-19(23)10-12-25-14-19)21-11-9-15(2)16-5-7-17(24-3)8-6-16;/h5-8,15,23H,4,9-14H2,1-3H3,(H2,20,21,22);1H. The minimum Gasteiger partial charge on any atom is -0.497 e. The number of rotatable bonds is 8. The molecule has 2 atom stereocenters. The molecule has 1 saturated heterocycles. The van der Waals surface area contributed by atoms with E-state index in [2.05, 4.69) is 41.6 Å². The molecule has 0 saturated carbocycles. The predicted octanol–water partition coefficient (Wildman–Crippen LogP) is 3.23. The van der Waals surface area contributed by atoms with E-state index >= 15 is 0 Å². The van der Waals surface area contributed by atoms with Crippen molar-refractivity contribution in [3.8, 4) is 5.75 Å². The minimum absolute atomic E-state index is 0. The zero-order valence-electron chi connectivity index (χ0n) is 16.0. The van der Waals surface area contributed by atoms with Gasteiger partial charge in [0.05, 0.1) is 19.3 Å². The van der Waals surface area contributed by atoms with Crippen molar-refractivity contribution in [1.29, 1.82) is 0 Å². The molecule has 1 aromatic carbocycles. The average molecular weight is 493 g/mol. The van der Waals surface area contributed by atoms with Gasteiger partial charge in [-0.2, -0.15) is 11.8 Å². The number of aliphatic imine (C=N–C) groups is 1. The molecule has 3 N–H and O–H groups in total. The summed E-state index contributed by atoms with van der Waals surface area (Å²) in [5.41, 5.74) is 0.672. The number of benzene rings is 1. The molecule has 1 aromatic rings. The number of aliphatic hydroxyl groups is 1. The van der Waals surface area contributed by atoms with Crippen LogP contribution in [0.3, 0.4) is 0 Å². The normalized spacial score (nSPS) is 21.0. The van der Waals surface area contributed by atoms with Crippen LogP contribution < -0.4 is 15.4 Å². The van der Waals surface area contributed by atoms with E-state index in [1.807, 2.05) is 12.1 Å². The smallest absolute Gasteiger partial charge is 0.191 e. The van der Waals surface area contributed by atoms with Crippen molar-refractivity contribution < 1.29 is 9.84 Å². The third kappa shape index (κ3) is 7.52. The highest BCUT2D eigenvalue weighted by Crippen LogP contribution is 2.27. The molecule has 1 fully saturated rings. The molecule has 1 heterocycles. The largest absolute Gasteiger partial charge is 0.497 e. The van der Waals surface area contributed by atoms with E-state index in [1.54, 1.807) is 18.9 Å². The van der Waals surface area contributed by atoms with Crippen LogP contribution >= 0.6 is 35.7 Å². The van der Waals surface area contributed by atoms with Gasteiger partial charge in [0.15, 0.2) is 5.96 Å². The molecule has 0 amide bonds. The van der Waals surface area contributed by atoms with Crippen LogP contribution in [0.4, 0.5) is 0 Å². The number of ether oxygens (including phenoxy) is 1. The second kappa shape index (κ2) is 11.9. The van der Waals surface area contributed by atoms with Gasteiger partial charge < -0.3 is 20.5 Å². The molecule has 0 radical (unpaired) electrons. The van der Waals surface area contributed by atoms with E-state index in [0.717, 1.165) is 49.1 Å². The summed E-state index contributed by atoms with van der Waals surface area (Å²) in [7, 11) is 1.69. The topological polar surface area (TPSA) is 65.9 Å². The molecule has 148 valence electrons. The van der Waals surface area contributed by atoms with Gasteiger partial charge in [-0.25, -0.2) is 0 Å². The molecule has 0 aromatic heterocycles. The summed E-state index contributed by atoms with van der Waals surface area (Å²) in [6, 6.07) is 8.25. The number of nitrogens with zero attached hydrogens (tertiary/aromatic N) is 1. The monoisotopic (exact) mass is 493 g/mol. The summed E-state index contributed by atoms with van der Waals surface area (Å²) >= 11 is 1.80. The van der Waals surface area contributed by atoms with Crippen molar-refractivity contribution in [1.82, 2.24) is 10.6 Å². The van der Waals surface area contributed by atoms with E-state index in [9.17, 15) is 5.11 Å². The van der Waals surface area contributed by atoms with Crippen molar-refractivity contribution in [2.45, 2.75) is 38.2 Å². The lowest BCUT2D eigenvalue weighted by atomic mass is 9.98. The predicted molar refractivity (Wildman–Crippen MR) is 122 cm³/mol. The van der Waals surface area contributed by atoms with Gasteiger partial charge in [-0.3, -0.25) is 4.99 Å². The zero-order valence-corrected chi connectivity index (χ0v) is 19.1. The molecule has 0 bridgehead atoms. The van der Waals surface area contributed by atoms with Gasteiger partial charge in [-0.15, -0.1) is 24.0 Å². The van der Waals surface area contributed by atoms with Crippen LogP contribution in [0.5, 0.6) is 5.75 Å². The highest BCUT2D eigenvalue weighted by molar-refractivity contribution is 14.0. The molecule has 2 unspecified atom stereocenters. The summed E-state index contributed by atoms with van der Waals surface area (Å²) < 4.78 is 5.21. The summed E-state index contributed by atoms with van der Waals surface area (Å²) in [4.78, 5) is 4.57. The van der Waals surface area contributed by atoms with Crippen LogP contribution in [0.25, 0.3) is 0 Å². The average Bonchev–Trinajstić information content (AvgIpc) is 3.06. The summed E-state index contributed by atoms with van der Waals surface area (Å²) in [6.45, 7) is 6.39. The van der Waals surface area contributed by atoms with E-state index in [4.69, 9.17) is 4.74 Å². The SMILES string of the molecule is CCNC(=NCC1(O)CCSC1)NCCC(C)c1ccc(OC)cc1.I. The van der Waals surface area contributed by atoms with Crippen LogP contribution in [0.1, 0.15) is 38.2 Å². The second-order valence-electron chi connectivity index (χ2n) is 6.61. The first-order valence-electron chi connectivity index (χ1n) is 9.02. The first-order chi connectivity index (χ1) is 12.1. The number of methoxy groups -OCH3 is 1. The molecule has 26 heavy (non-hydrogen) atoms. The van der Waals surface area contributed by atoms with Gasteiger partial charge in [0.2, 0.25) is 0 Å². The Morgan fingerprint density at radius 2 is 2.08 bits per heavy atom. The van der Waals surface area contributed by atoms with E-state index in [-0.39, 0.29) is 24.0 Å². The maximum absolute atomic E-state index is 10.4. The molecule has 7 heteroatoms. The lowest BCUT2D eigenvalue weighted by Gasteiger charge is -2.20. The second-order valence-corrected chi connectivity index (χ2v) is 7.72. The van der Waals surface area contributed by atoms with Crippen molar-refractivity contribution >= 4 is 41.7 Å². The van der Waals surface area contributed by atoms with Crippen LogP contribution in [-0.4, -0.2) is 54.9 Å². The Bertz CT molecular complexity index is 548. The molecule has 1 aliphatic rings. The number of nitrogens with one attached hydrogen (secondary N) is 2. The molecule has 2 rings (SSSR count). The fourth-order valence-corrected chi connectivity index (χ4v) is 4.08. The van der Waals surface area contributed by atoms with Gasteiger partial charge in [-0.1, -0.05) is 19.1 Å². The van der Waals surface area contributed by atoms with Gasteiger partial charge in [0.25, 0.3) is 0 Å². The third-order valence-electron chi connectivity index (χ3n) is 4.51. The summed E-state index contributed by atoms with van der Waals surface area (Å²) in [5.74, 6) is 3.94. The lowest BCUT2D eigenvalue weighted by Crippen LogP contribution is -2.40.